The number of rotatable bonds is 4. The Kier molecular flexibility index (Phi) is 7.02. The van der Waals surface area contributed by atoms with E-state index in [2.05, 4.69) is 35.2 Å². The van der Waals surface area contributed by atoms with Gasteiger partial charge >= 0.3 is 0 Å². The molecule has 0 heterocycles. The van der Waals surface area contributed by atoms with Crippen molar-refractivity contribution in [2.45, 2.75) is 39.2 Å². The van der Waals surface area contributed by atoms with Crippen LogP contribution in [-0.4, -0.2) is 6.04 Å². The fourth-order valence-electron chi connectivity index (χ4n) is 0.745. The van der Waals surface area contributed by atoms with Crippen molar-refractivity contribution in [2.24, 2.45) is 5.73 Å². The maximum Gasteiger partial charge on any atom is 0.0320 e. The van der Waals surface area contributed by atoms with Gasteiger partial charge in [-0.1, -0.05) is 6.92 Å². The molecule has 0 aliphatic heterocycles. The molecule has 0 aliphatic rings. The van der Waals surface area contributed by atoms with Crippen molar-refractivity contribution in [3.05, 3.63) is 15.4 Å². The Hall–Kier alpha value is 0.210. The average molecular weight is 265 g/mol. The number of hydrogen-bond donors (Lipinski definition) is 1. The molecule has 0 aromatic rings. The fraction of sp³-hybridized carbons (Fsp3) is 0.667. The molecule has 0 bridgehead atoms. The Morgan fingerprint density at radius 1 is 1.73 bits per heavy atom. The summed E-state index contributed by atoms with van der Waals surface area (Å²) in [7, 11) is 0. The molecule has 0 radical (unpaired) electrons. The summed E-state index contributed by atoms with van der Waals surface area (Å²) in [6.45, 7) is 4.11. The lowest BCUT2D eigenvalue weighted by atomic mass is 10.1. The lowest BCUT2D eigenvalue weighted by molar-refractivity contribution is 0.602. The molecule has 64 valence electrons. The summed E-state index contributed by atoms with van der Waals surface area (Å²) in [4.78, 5) is 0. The van der Waals surface area contributed by atoms with Gasteiger partial charge in [-0.25, -0.2) is 0 Å². The normalized spacial score (nSPS) is 12.0. The smallest absolute Gasteiger partial charge is 0.0320 e. The highest BCUT2D eigenvalue weighted by atomic mass is 127. The van der Waals surface area contributed by atoms with Gasteiger partial charge in [0.2, 0.25) is 0 Å². The van der Waals surface area contributed by atoms with Crippen LogP contribution in [0.1, 0.15) is 33.1 Å². The van der Waals surface area contributed by atoms with Crippen LogP contribution in [0.4, 0.5) is 0 Å². The number of hydrogen-bond acceptors (Lipinski definition) is 1. The Labute approximate surface area is 82.9 Å². The highest BCUT2D eigenvalue weighted by molar-refractivity contribution is 14.1. The van der Waals surface area contributed by atoms with Gasteiger partial charge in [-0.15, -0.1) is 5.73 Å². The molecule has 2 heteroatoms. The van der Waals surface area contributed by atoms with Crippen LogP contribution in [0.25, 0.3) is 0 Å². The number of nitrogens with two attached hydrogens (primary N) is 1. The fourth-order valence-corrected chi connectivity index (χ4v) is 1.37. The average Bonchev–Trinajstić information content (AvgIpc) is 2.01. The molecule has 0 spiro atoms. The third-order valence-electron chi connectivity index (χ3n) is 1.56. The molecular weight excluding hydrogens is 249 g/mol. The molecule has 0 fully saturated rings. The lowest BCUT2D eigenvalue weighted by Gasteiger charge is -2.05. The van der Waals surface area contributed by atoms with Gasteiger partial charge in [0.05, 0.1) is 0 Å². The maximum atomic E-state index is 5.76. The van der Waals surface area contributed by atoms with E-state index in [9.17, 15) is 0 Å². The monoisotopic (exact) mass is 265 g/mol. The Bertz CT molecular complexity index is 157. The minimum absolute atomic E-state index is 0.360. The van der Waals surface area contributed by atoms with E-state index in [4.69, 9.17) is 5.73 Å². The number of halogens is 1. The van der Waals surface area contributed by atoms with E-state index in [1.165, 1.54) is 3.58 Å². The topological polar surface area (TPSA) is 26.0 Å². The molecule has 2 N–H and O–H groups in total. The zero-order chi connectivity index (χ0) is 8.69. The molecule has 0 amide bonds. The Morgan fingerprint density at radius 2 is 2.36 bits per heavy atom. The zero-order valence-corrected chi connectivity index (χ0v) is 9.39. The van der Waals surface area contributed by atoms with E-state index < -0.39 is 0 Å². The molecule has 0 saturated carbocycles. The molecule has 0 saturated heterocycles. The van der Waals surface area contributed by atoms with Gasteiger partial charge in [0.25, 0.3) is 0 Å². The molecule has 0 aromatic carbocycles. The van der Waals surface area contributed by atoms with Crippen molar-refractivity contribution in [3.63, 3.8) is 0 Å². The van der Waals surface area contributed by atoms with Crippen LogP contribution in [-0.2, 0) is 0 Å². The van der Waals surface area contributed by atoms with Crippen molar-refractivity contribution in [1.82, 2.24) is 0 Å². The van der Waals surface area contributed by atoms with Crippen LogP contribution in [0.5, 0.6) is 0 Å². The second-order valence-corrected chi connectivity index (χ2v) is 3.85. The quantitative estimate of drug-likeness (QED) is 0.613. The molecule has 1 atom stereocenters. The van der Waals surface area contributed by atoms with Crippen LogP contribution in [0, 0.1) is 0 Å². The van der Waals surface area contributed by atoms with Crippen molar-refractivity contribution in [3.8, 4) is 0 Å². The maximum absolute atomic E-state index is 5.76. The highest BCUT2D eigenvalue weighted by Crippen LogP contribution is 2.13. The molecular formula is C9H16IN. The van der Waals surface area contributed by atoms with Crippen molar-refractivity contribution >= 4 is 22.6 Å². The first-order chi connectivity index (χ1) is 5.20. The lowest BCUT2D eigenvalue weighted by Crippen LogP contribution is -2.17. The molecule has 1 unspecified atom stereocenters. The Morgan fingerprint density at radius 3 is 2.82 bits per heavy atom. The second kappa shape index (κ2) is 6.89. The summed E-state index contributed by atoms with van der Waals surface area (Å²) in [6, 6.07) is 0.360. The van der Waals surface area contributed by atoms with Gasteiger partial charge in [-0.3, -0.25) is 0 Å². The number of allylic oxidation sites excluding steroid dienone is 1. The third kappa shape index (κ3) is 6.60. The van der Waals surface area contributed by atoms with Gasteiger partial charge in [0.1, 0.15) is 0 Å². The molecule has 0 aliphatic carbocycles. The van der Waals surface area contributed by atoms with Crippen molar-refractivity contribution in [1.29, 1.82) is 0 Å². The van der Waals surface area contributed by atoms with Crippen molar-refractivity contribution in [2.75, 3.05) is 0 Å². The second-order valence-electron chi connectivity index (χ2n) is 2.54. The standard InChI is InChI=1S/C9H16IN/c1-3-5-8(10)6-7-9(11)4-2/h3,9H,4,6-7,11H2,1-2H3. The minimum Gasteiger partial charge on any atom is -0.328 e. The highest BCUT2D eigenvalue weighted by Gasteiger charge is 1.98. The summed E-state index contributed by atoms with van der Waals surface area (Å²) in [5.41, 5.74) is 8.91. The third-order valence-corrected chi connectivity index (χ3v) is 2.41. The largest absolute Gasteiger partial charge is 0.328 e. The first kappa shape index (κ1) is 11.2. The van der Waals surface area contributed by atoms with Gasteiger partial charge in [0, 0.05) is 9.62 Å². The first-order valence-electron chi connectivity index (χ1n) is 4.02. The van der Waals surface area contributed by atoms with Crippen LogP contribution in [0.15, 0.2) is 15.4 Å². The minimum atomic E-state index is 0.360. The van der Waals surface area contributed by atoms with Gasteiger partial charge in [0.15, 0.2) is 0 Å². The van der Waals surface area contributed by atoms with Crippen LogP contribution >= 0.6 is 22.6 Å². The van der Waals surface area contributed by atoms with E-state index >= 15 is 0 Å². The van der Waals surface area contributed by atoms with Crippen LogP contribution in [0.3, 0.4) is 0 Å². The van der Waals surface area contributed by atoms with E-state index in [-0.39, 0.29) is 0 Å². The summed E-state index contributed by atoms with van der Waals surface area (Å²) in [6.07, 6.45) is 5.16. The van der Waals surface area contributed by atoms with Gasteiger partial charge < -0.3 is 5.73 Å². The Balaban J connectivity index is 3.62. The predicted molar refractivity (Wildman–Crippen MR) is 58.8 cm³/mol. The van der Waals surface area contributed by atoms with Gasteiger partial charge in [-0.2, -0.15) is 0 Å². The summed E-state index contributed by atoms with van der Waals surface area (Å²) >= 11 is 2.31. The molecule has 11 heavy (non-hydrogen) atoms. The molecule has 0 rings (SSSR count). The summed E-state index contributed by atoms with van der Waals surface area (Å²) in [5, 5.41) is 0. The van der Waals surface area contributed by atoms with Crippen LogP contribution < -0.4 is 5.73 Å². The summed E-state index contributed by atoms with van der Waals surface area (Å²) < 4.78 is 1.27. The van der Waals surface area contributed by atoms with Crippen molar-refractivity contribution < 1.29 is 0 Å². The molecule has 0 aromatic heterocycles. The predicted octanol–water partition coefficient (Wildman–Crippen LogP) is 3.00. The zero-order valence-electron chi connectivity index (χ0n) is 7.23. The van der Waals surface area contributed by atoms with E-state index in [0.29, 0.717) is 6.04 Å². The summed E-state index contributed by atoms with van der Waals surface area (Å²) in [5.74, 6) is 0. The molecule has 1 nitrogen and oxygen atoms in total. The van der Waals surface area contributed by atoms with E-state index in [1.54, 1.807) is 0 Å². The van der Waals surface area contributed by atoms with Crippen LogP contribution in [0.2, 0.25) is 0 Å². The van der Waals surface area contributed by atoms with E-state index in [0.717, 1.165) is 19.3 Å². The SMILES string of the molecule is CC=C=C(I)CCC(N)CC. The van der Waals surface area contributed by atoms with E-state index in [1.807, 2.05) is 13.0 Å². The van der Waals surface area contributed by atoms with Gasteiger partial charge in [-0.05, 0) is 54.9 Å². The first-order valence-corrected chi connectivity index (χ1v) is 5.09.